The highest BCUT2D eigenvalue weighted by atomic mass is 79.9. The largest absolute Gasteiger partial charge is 0.496 e. The van der Waals surface area contributed by atoms with E-state index in [1.165, 1.54) is 0 Å². The smallest absolute Gasteiger partial charge is 0.133 e. The Morgan fingerprint density at radius 3 is 2.57 bits per heavy atom. The quantitative estimate of drug-likeness (QED) is 0.904. The van der Waals surface area contributed by atoms with Crippen molar-refractivity contribution in [3.8, 4) is 5.75 Å². The molecule has 0 saturated heterocycles. The van der Waals surface area contributed by atoms with Gasteiger partial charge in [0.15, 0.2) is 0 Å². The number of halogens is 1. The van der Waals surface area contributed by atoms with E-state index in [0.29, 0.717) is 0 Å². The van der Waals surface area contributed by atoms with E-state index in [2.05, 4.69) is 15.9 Å². The summed E-state index contributed by atoms with van der Waals surface area (Å²) in [4.78, 5) is 0. The zero-order chi connectivity index (χ0) is 10.8. The van der Waals surface area contributed by atoms with E-state index in [9.17, 15) is 5.11 Å². The van der Waals surface area contributed by atoms with Crippen LogP contribution in [0.4, 0.5) is 0 Å². The zero-order valence-corrected chi connectivity index (χ0v) is 10.3. The first-order chi connectivity index (χ1) is 6.51. The summed E-state index contributed by atoms with van der Waals surface area (Å²) >= 11 is 3.39. The number of benzene rings is 1. The van der Waals surface area contributed by atoms with Gasteiger partial charge in [-0.25, -0.2) is 0 Å². The van der Waals surface area contributed by atoms with Crippen molar-refractivity contribution in [1.82, 2.24) is 0 Å². The minimum atomic E-state index is -0.228. The van der Waals surface area contributed by atoms with Gasteiger partial charge in [0.25, 0.3) is 0 Å². The molecule has 0 radical (unpaired) electrons. The van der Waals surface area contributed by atoms with Crippen LogP contribution in [0.15, 0.2) is 22.7 Å². The van der Waals surface area contributed by atoms with E-state index in [1.807, 2.05) is 32.0 Å². The third-order valence-electron chi connectivity index (χ3n) is 2.33. The van der Waals surface area contributed by atoms with E-state index < -0.39 is 0 Å². The predicted octanol–water partition coefficient (Wildman–Crippen LogP) is 2.73. The lowest BCUT2D eigenvalue weighted by atomic mass is 9.85. The highest BCUT2D eigenvalue weighted by Gasteiger charge is 2.20. The molecule has 0 aliphatic rings. The van der Waals surface area contributed by atoms with Crippen LogP contribution in [0.2, 0.25) is 0 Å². The van der Waals surface area contributed by atoms with Crippen LogP contribution in [0.3, 0.4) is 0 Å². The van der Waals surface area contributed by atoms with Crippen LogP contribution in [0.1, 0.15) is 19.4 Å². The van der Waals surface area contributed by atoms with E-state index in [1.54, 1.807) is 7.11 Å². The van der Waals surface area contributed by atoms with Crippen LogP contribution < -0.4 is 4.74 Å². The molecule has 0 atom stereocenters. The summed E-state index contributed by atoms with van der Waals surface area (Å²) in [7, 11) is 1.63. The van der Waals surface area contributed by atoms with Crippen molar-refractivity contribution < 1.29 is 9.84 Å². The van der Waals surface area contributed by atoms with Gasteiger partial charge < -0.3 is 9.84 Å². The molecule has 0 bridgehead atoms. The number of hydrogen-bond acceptors (Lipinski definition) is 2. The van der Waals surface area contributed by atoms with Gasteiger partial charge in [0.1, 0.15) is 5.75 Å². The maximum absolute atomic E-state index is 9.23. The van der Waals surface area contributed by atoms with Gasteiger partial charge in [0, 0.05) is 5.41 Å². The summed E-state index contributed by atoms with van der Waals surface area (Å²) in [5, 5.41) is 9.23. The standard InChI is InChI=1S/C11H15BrO2/c1-11(2,7-13)8-4-5-9(12)10(6-8)14-3/h4-6,13H,7H2,1-3H3. The normalized spacial score (nSPS) is 11.5. The van der Waals surface area contributed by atoms with E-state index in [-0.39, 0.29) is 12.0 Å². The lowest BCUT2D eigenvalue weighted by molar-refractivity contribution is 0.218. The Morgan fingerprint density at radius 2 is 2.07 bits per heavy atom. The van der Waals surface area contributed by atoms with Crippen LogP contribution in [0.5, 0.6) is 5.75 Å². The molecule has 2 nitrogen and oxygen atoms in total. The van der Waals surface area contributed by atoms with E-state index in [4.69, 9.17) is 4.74 Å². The van der Waals surface area contributed by atoms with Crippen molar-refractivity contribution in [3.63, 3.8) is 0 Å². The molecule has 1 rings (SSSR count). The first-order valence-electron chi connectivity index (χ1n) is 4.46. The Morgan fingerprint density at radius 1 is 1.43 bits per heavy atom. The lowest BCUT2D eigenvalue weighted by Crippen LogP contribution is -2.21. The van der Waals surface area contributed by atoms with Gasteiger partial charge in [-0.05, 0) is 33.6 Å². The molecule has 0 heterocycles. The number of aliphatic hydroxyl groups excluding tert-OH is 1. The minimum absolute atomic E-state index is 0.123. The lowest BCUT2D eigenvalue weighted by Gasteiger charge is -2.22. The monoisotopic (exact) mass is 258 g/mol. The average molecular weight is 259 g/mol. The average Bonchev–Trinajstić information content (AvgIpc) is 2.18. The molecule has 0 unspecified atom stereocenters. The molecular weight excluding hydrogens is 244 g/mol. The Bertz CT molecular complexity index is 321. The van der Waals surface area contributed by atoms with Crippen LogP contribution in [0, 0.1) is 0 Å². The first kappa shape index (κ1) is 11.5. The predicted molar refractivity (Wildman–Crippen MR) is 60.8 cm³/mol. The summed E-state index contributed by atoms with van der Waals surface area (Å²) < 4.78 is 6.13. The Balaban J connectivity index is 3.12. The number of methoxy groups -OCH3 is 1. The first-order valence-corrected chi connectivity index (χ1v) is 5.25. The fourth-order valence-corrected chi connectivity index (χ4v) is 1.58. The molecule has 78 valence electrons. The van der Waals surface area contributed by atoms with Crippen molar-refractivity contribution in [2.24, 2.45) is 0 Å². The molecule has 14 heavy (non-hydrogen) atoms. The van der Waals surface area contributed by atoms with Crippen molar-refractivity contribution in [2.45, 2.75) is 19.3 Å². The summed E-state index contributed by atoms with van der Waals surface area (Å²) in [5.74, 6) is 0.795. The van der Waals surface area contributed by atoms with Gasteiger partial charge in [-0.3, -0.25) is 0 Å². The second-order valence-corrected chi connectivity index (χ2v) is 4.75. The Labute approximate surface area is 93.0 Å². The van der Waals surface area contributed by atoms with Crippen LogP contribution in [-0.2, 0) is 5.41 Å². The van der Waals surface area contributed by atoms with E-state index >= 15 is 0 Å². The van der Waals surface area contributed by atoms with Crippen LogP contribution >= 0.6 is 15.9 Å². The third kappa shape index (κ3) is 2.28. The van der Waals surface area contributed by atoms with Gasteiger partial charge in [0.05, 0.1) is 18.2 Å². The fraction of sp³-hybridized carbons (Fsp3) is 0.455. The van der Waals surface area contributed by atoms with Gasteiger partial charge >= 0.3 is 0 Å². The van der Waals surface area contributed by atoms with Crippen LogP contribution in [-0.4, -0.2) is 18.8 Å². The number of ether oxygens (including phenoxy) is 1. The molecule has 0 fully saturated rings. The maximum Gasteiger partial charge on any atom is 0.133 e. The molecule has 1 N–H and O–H groups in total. The molecule has 0 saturated carbocycles. The summed E-state index contributed by atoms with van der Waals surface area (Å²) in [6.07, 6.45) is 0. The highest BCUT2D eigenvalue weighted by Crippen LogP contribution is 2.31. The second kappa shape index (κ2) is 4.32. The second-order valence-electron chi connectivity index (χ2n) is 3.89. The number of aliphatic hydroxyl groups is 1. The SMILES string of the molecule is COc1cc(C(C)(C)CO)ccc1Br. The highest BCUT2D eigenvalue weighted by molar-refractivity contribution is 9.10. The Hall–Kier alpha value is -0.540. The summed E-state index contributed by atoms with van der Waals surface area (Å²) in [6.45, 7) is 4.11. The van der Waals surface area contributed by atoms with Crippen molar-refractivity contribution in [3.05, 3.63) is 28.2 Å². The van der Waals surface area contributed by atoms with Gasteiger partial charge in [0.2, 0.25) is 0 Å². The fourth-order valence-electron chi connectivity index (χ4n) is 1.17. The summed E-state index contributed by atoms with van der Waals surface area (Å²) in [6, 6.07) is 5.87. The van der Waals surface area contributed by atoms with E-state index in [0.717, 1.165) is 15.8 Å². The Kier molecular flexibility index (Phi) is 3.56. The molecule has 3 heteroatoms. The van der Waals surface area contributed by atoms with Gasteiger partial charge in [-0.1, -0.05) is 19.9 Å². The molecule has 1 aromatic rings. The molecule has 1 aromatic carbocycles. The molecule has 0 aliphatic carbocycles. The number of hydrogen-bond donors (Lipinski definition) is 1. The van der Waals surface area contributed by atoms with Crippen molar-refractivity contribution in [2.75, 3.05) is 13.7 Å². The molecule has 0 aromatic heterocycles. The third-order valence-corrected chi connectivity index (χ3v) is 2.98. The molecule has 0 amide bonds. The molecular formula is C11H15BrO2. The maximum atomic E-state index is 9.23. The molecule has 0 aliphatic heterocycles. The van der Waals surface area contributed by atoms with Gasteiger partial charge in [-0.15, -0.1) is 0 Å². The van der Waals surface area contributed by atoms with Gasteiger partial charge in [-0.2, -0.15) is 0 Å². The van der Waals surface area contributed by atoms with Crippen LogP contribution in [0.25, 0.3) is 0 Å². The minimum Gasteiger partial charge on any atom is -0.496 e. The topological polar surface area (TPSA) is 29.5 Å². The van der Waals surface area contributed by atoms with Crippen molar-refractivity contribution >= 4 is 15.9 Å². The summed E-state index contributed by atoms with van der Waals surface area (Å²) in [5.41, 5.74) is 0.841. The number of rotatable bonds is 3. The molecule has 0 spiro atoms. The van der Waals surface area contributed by atoms with Crippen molar-refractivity contribution in [1.29, 1.82) is 0 Å². The zero-order valence-electron chi connectivity index (χ0n) is 8.67.